The Labute approximate surface area is 156 Å². The molecule has 2 N–H and O–H groups in total. The summed E-state index contributed by atoms with van der Waals surface area (Å²) in [7, 11) is 0. The standard InChI is InChI=1S/C14H11Cl3N2O6/c15-14(16,17)11(18-12(21)5-6-13(22)23)7-10(20)8-1-3-9(4-2-8)19(24)25/h1-6,11H,7H2,(H,18,21)(H,22,23). The highest BCUT2D eigenvalue weighted by molar-refractivity contribution is 6.68. The van der Waals surface area contributed by atoms with E-state index in [0.29, 0.717) is 12.2 Å². The molecule has 0 aliphatic carbocycles. The van der Waals surface area contributed by atoms with E-state index in [1.54, 1.807) is 0 Å². The Morgan fingerprint density at radius 1 is 1.20 bits per heavy atom. The molecule has 1 unspecified atom stereocenters. The van der Waals surface area contributed by atoms with Crippen molar-refractivity contribution < 1.29 is 24.4 Å². The maximum absolute atomic E-state index is 12.2. The van der Waals surface area contributed by atoms with E-state index in [2.05, 4.69) is 5.32 Å². The normalized spacial score (nSPS) is 12.6. The SMILES string of the molecule is O=C(O)C=CC(=O)NC(CC(=O)c1ccc([N+](=O)[O-])cc1)C(Cl)(Cl)Cl. The number of hydrogen-bond acceptors (Lipinski definition) is 5. The molecule has 0 spiro atoms. The minimum atomic E-state index is -2.04. The van der Waals surface area contributed by atoms with Crippen molar-refractivity contribution in [1.29, 1.82) is 0 Å². The molecule has 134 valence electrons. The number of ketones is 1. The quantitative estimate of drug-likeness (QED) is 0.234. The largest absolute Gasteiger partial charge is 0.478 e. The van der Waals surface area contributed by atoms with E-state index in [1.807, 2.05) is 0 Å². The number of carbonyl (C=O) groups excluding carboxylic acids is 2. The van der Waals surface area contributed by atoms with Gasteiger partial charge in [0.15, 0.2) is 5.78 Å². The molecule has 0 saturated heterocycles. The maximum atomic E-state index is 12.2. The number of carboxylic acids is 1. The number of nitrogens with zero attached hydrogens (tertiary/aromatic N) is 1. The summed E-state index contributed by atoms with van der Waals surface area (Å²) in [5.41, 5.74) is -0.0678. The lowest BCUT2D eigenvalue weighted by molar-refractivity contribution is -0.384. The lowest BCUT2D eigenvalue weighted by Gasteiger charge is -2.24. The summed E-state index contributed by atoms with van der Waals surface area (Å²) >= 11 is 17.2. The molecule has 0 radical (unpaired) electrons. The number of alkyl halides is 3. The summed E-state index contributed by atoms with van der Waals surface area (Å²) in [5.74, 6) is -2.74. The number of aliphatic carboxylic acids is 1. The van der Waals surface area contributed by atoms with Gasteiger partial charge in [-0.25, -0.2) is 4.79 Å². The second-order valence-electron chi connectivity index (χ2n) is 4.71. The second kappa shape index (κ2) is 8.80. The number of nitro groups is 1. The summed E-state index contributed by atoms with van der Waals surface area (Å²) in [6.45, 7) is 0. The predicted octanol–water partition coefficient (Wildman–Crippen LogP) is 2.66. The van der Waals surface area contributed by atoms with Crippen LogP contribution >= 0.6 is 34.8 Å². The molecule has 1 amide bonds. The maximum Gasteiger partial charge on any atom is 0.328 e. The van der Waals surface area contributed by atoms with Crippen molar-refractivity contribution in [2.24, 2.45) is 0 Å². The molecule has 0 aromatic heterocycles. The zero-order chi connectivity index (χ0) is 19.2. The summed E-state index contributed by atoms with van der Waals surface area (Å²) in [6, 6.07) is 3.52. The Balaban J connectivity index is 2.87. The van der Waals surface area contributed by atoms with Crippen LogP contribution in [0.2, 0.25) is 0 Å². The molecule has 0 fully saturated rings. The van der Waals surface area contributed by atoms with Gasteiger partial charge in [-0.05, 0) is 12.1 Å². The van der Waals surface area contributed by atoms with Gasteiger partial charge in [-0.1, -0.05) is 34.8 Å². The van der Waals surface area contributed by atoms with Gasteiger partial charge >= 0.3 is 5.97 Å². The topological polar surface area (TPSA) is 127 Å². The van der Waals surface area contributed by atoms with Gasteiger partial charge in [-0.2, -0.15) is 0 Å². The highest BCUT2D eigenvalue weighted by Gasteiger charge is 2.35. The first-order valence-electron chi connectivity index (χ1n) is 6.56. The summed E-state index contributed by atoms with van der Waals surface area (Å²) in [5, 5.41) is 21.3. The van der Waals surface area contributed by atoms with Gasteiger partial charge in [-0.15, -0.1) is 0 Å². The third-order valence-corrected chi connectivity index (χ3v) is 3.67. The number of Topliss-reactive ketones (excluding diaryl/α,β-unsaturated/α-hetero) is 1. The zero-order valence-electron chi connectivity index (χ0n) is 12.3. The van der Waals surface area contributed by atoms with Gasteiger partial charge in [0.2, 0.25) is 9.70 Å². The molecule has 8 nitrogen and oxygen atoms in total. The highest BCUT2D eigenvalue weighted by Crippen LogP contribution is 2.32. The Hall–Kier alpha value is -2.16. The summed E-state index contributed by atoms with van der Waals surface area (Å²) < 4.78 is -2.04. The Bertz CT molecular complexity index is 712. The van der Waals surface area contributed by atoms with Crippen molar-refractivity contribution in [2.75, 3.05) is 0 Å². The van der Waals surface area contributed by atoms with Crippen LogP contribution in [0.3, 0.4) is 0 Å². The number of nitro benzene ring substituents is 1. The minimum Gasteiger partial charge on any atom is -0.478 e. The van der Waals surface area contributed by atoms with Crippen LogP contribution in [-0.4, -0.2) is 37.5 Å². The Morgan fingerprint density at radius 2 is 1.76 bits per heavy atom. The molecule has 11 heteroatoms. The van der Waals surface area contributed by atoms with Crippen LogP contribution in [0.25, 0.3) is 0 Å². The molecular weight excluding hydrogens is 399 g/mol. The third-order valence-electron chi connectivity index (χ3n) is 2.88. The predicted molar refractivity (Wildman–Crippen MR) is 91.0 cm³/mol. The first-order chi connectivity index (χ1) is 11.5. The van der Waals surface area contributed by atoms with E-state index in [9.17, 15) is 24.5 Å². The Kier molecular flexibility index (Phi) is 7.35. The summed E-state index contributed by atoms with van der Waals surface area (Å²) in [4.78, 5) is 44.2. The van der Waals surface area contributed by atoms with E-state index < -0.39 is 38.8 Å². The van der Waals surface area contributed by atoms with Gasteiger partial charge < -0.3 is 10.4 Å². The lowest BCUT2D eigenvalue weighted by atomic mass is 10.0. The van der Waals surface area contributed by atoms with E-state index in [1.165, 1.54) is 12.1 Å². The summed E-state index contributed by atoms with van der Waals surface area (Å²) in [6.07, 6.45) is 0.881. The van der Waals surface area contributed by atoms with Crippen molar-refractivity contribution in [3.05, 3.63) is 52.1 Å². The van der Waals surface area contributed by atoms with Gasteiger partial charge in [0.25, 0.3) is 5.69 Å². The molecule has 25 heavy (non-hydrogen) atoms. The number of carboxylic acid groups (broad SMARTS) is 1. The fourth-order valence-electron chi connectivity index (χ4n) is 1.69. The molecule has 0 aliphatic heterocycles. The third kappa shape index (κ3) is 7.08. The molecule has 1 aromatic rings. The number of rotatable bonds is 7. The van der Waals surface area contributed by atoms with Crippen molar-refractivity contribution in [3.8, 4) is 0 Å². The van der Waals surface area contributed by atoms with Crippen molar-refractivity contribution in [3.63, 3.8) is 0 Å². The molecular formula is C14H11Cl3N2O6. The molecule has 1 aromatic carbocycles. The smallest absolute Gasteiger partial charge is 0.328 e. The first kappa shape index (κ1) is 20.9. The lowest BCUT2D eigenvalue weighted by Crippen LogP contribution is -2.44. The fourth-order valence-corrected chi connectivity index (χ4v) is 2.08. The molecule has 1 rings (SSSR count). The number of non-ortho nitro benzene ring substituents is 1. The number of hydrogen-bond donors (Lipinski definition) is 2. The number of benzene rings is 1. The number of amides is 1. The average molecular weight is 410 g/mol. The molecule has 0 bridgehead atoms. The fraction of sp³-hybridized carbons (Fsp3) is 0.214. The van der Waals surface area contributed by atoms with E-state index in [4.69, 9.17) is 39.9 Å². The van der Waals surface area contributed by atoms with Crippen LogP contribution in [0.4, 0.5) is 5.69 Å². The Morgan fingerprint density at radius 3 is 2.20 bits per heavy atom. The van der Waals surface area contributed by atoms with Crippen LogP contribution in [0.5, 0.6) is 0 Å². The van der Waals surface area contributed by atoms with Crippen molar-refractivity contribution in [1.82, 2.24) is 5.32 Å². The number of halogens is 3. The van der Waals surface area contributed by atoms with Gasteiger partial charge in [0, 0.05) is 36.3 Å². The van der Waals surface area contributed by atoms with E-state index in [0.717, 1.165) is 12.1 Å². The molecule has 0 aliphatic rings. The number of carbonyl (C=O) groups is 3. The average Bonchev–Trinajstić information content (AvgIpc) is 2.51. The van der Waals surface area contributed by atoms with Crippen LogP contribution < -0.4 is 5.32 Å². The van der Waals surface area contributed by atoms with Gasteiger partial charge in [0.05, 0.1) is 11.0 Å². The minimum absolute atomic E-state index is 0.125. The van der Waals surface area contributed by atoms with Crippen molar-refractivity contribution in [2.45, 2.75) is 16.3 Å². The van der Waals surface area contributed by atoms with Gasteiger partial charge in [0.1, 0.15) is 0 Å². The zero-order valence-corrected chi connectivity index (χ0v) is 14.6. The number of nitrogens with one attached hydrogen (secondary N) is 1. The molecule has 0 heterocycles. The van der Waals surface area contributed by atoms with Crippen LogP contribution in [0.15, 0.2) is 36.4 Å². The second-order valence-corrected chi connectivity index (χ2v) is 7.07. The van der Waals surface area contributed by atoms with Crippen LogP contribution in [-0.2, 0) is 9.59 Å². The first-order valence-corrected chi connectivity index (χ1v) is 7.70. The molecule has 0 saturated carbocycles. The van der Waals surface area contributed by atoms with Crippen LogP contribution in [0, 0.1) is 10.1 Å². The monoisotopic (exact) mass is 408 g/mol. The van der Waals surface area contributed by atoms with Gasteiger partial charge in [-0.3, -0.25) is 19.7 Å². The van der Waals surface area contributed by atoms with E-state index in [-0.39, 0.29) is 11.3 Å². The van der Waals surface area contributed by atoms with Crippen LogP contribution in [0.1, 0.15) is 16.8 Å². The molecule has 1 atom stereocenters. The highest BCUT2D eigenvalue weighted by atomic mass is 35.6. The van der Waals surface area contributed by atoms with E-state index >= 15 is 0 Å². The van der Waals surface area contributed by atoms with Crippen molar-refractivity contribution >= 4 is 58.1 Å².